The maximum Gasteiger partial charge on any atom is 0.133 e. The van der Waals surface area contributed by atoms with Gasteiger partial charge in [0.1, 0.15) is 11.6 Å². The van der Waals surface area contributed by atoms with Gasteiger partial charge in [0.2, 0.25) is 0 Å². The number of aliphatic hydroxyl groups is 1. The van der Waals surface area contributed by atoms with Crippen LogP contribution in [0.2, 0.25) is 0 Å². The van der Waals surface area contributed by atoms with Crippen molar-refractivity contribution in [2.75, 3.05) is 5.32 Å². The van der Waals surface area contributed by atoms with Crippen LogP contribution in [0.25, 0.3) is 11.1 Å². The standard InChI is InChI=1S/C22H26FNO2/c1-13-10-14(25)6-7-15(13)16-11-17-19(12-18(16)23)24-20(2,3)22(26)9-5-8-21(17,22)4/h6-7,10-12,24-26H,5,8-9H2,1-4H3. The molecule has 2 aromatic carbocycles. The molecule has 3 nitrogen and oxygen atoms in total. The molecule has 1 aliphatic heterocycles. The van der Waals surface area contributed by atoms with Gasteiger partial charge in [0.15, 0.2) is 0 Å². The monoisotopic (exact) mass is 355 g/mol. The van der Waals surface area contributed by atoms with E-state index in [-0.39, 0.29) is 11.6 Å². The van der Waals surface area contributed by atoms with Gasteiger partial charge in [-0.25, -0.2) is 4.39 Å². The van der Waals surface area contributed by atoms with Crippen LogP contribution in [0.3, 0.4) is 0 Å². The van der Waals surface area contributed by atoms with E-state index in [4.69, 9.17) is 0 Å². The van der Waals surface area contributed by atoms with E-state index >= 15 is 0 Å². The van der Waals surface area contributed by atoms with Gasteiger partial charge in [-0.05, 0) is 81.0 Å². The number of aryl methyl sites for hydroxylation is 1. The molecule has 1 aliphatic carbocycles. The predicted octanol–water partition coefficient (Wildman–Crippen LogP) is 4.88. The Labute approximate surface area is 153 Å². The highest BCUT2D eigenvalue weighted by Crippen LogP contribution is 2.59. The van der Waals surface area contributed by atoms with E-state index in [9.17, 15) is 14.6 Å². The van der Waals surface area contributed by atoms with Crippen LogP contribution >= 0.6 is 0 Å². The zero-order valence-electron chi connectivity index (χ0n) is 15.8. The number of benzene rings is 2. The van der Waals surface area contributed by atoms with Crippen LogP contribution in [0, 0.1) is 12.7 Å². The Morgan fingerprint density at radius 3 is 2.46 bits per heavy atom. The molecular weight excluding hydrogens is 329 g/mol. The van der Waals surface area contributed by atoms with Crippen molar-refractivity contribution < 1.29 is 14.6 Å². The summed E-state index contributed by atoms with van der Waals surface area (Å²) in [4.78, 5) is 0. The lowest BCUT2D eigenvalue weighted by Crippen LogP contribution is -2.65. The minimum atomic E-state index is -0.883. The summed E-state index contributed by atoms with van der Waals surface area (Å²) >= 11 is 0. The van der Waals surface area contributed by atoms with E-state index in [1.807, 2.05) is 26.8 Å². The zero-order valence-corrected chi connectivity index (χ0v) is 15.8. The molecular formula is C22H26FNO2. The molecule has 1 fully saturated rings. The average molecular weight is 355 g/mol. The van der Waals surface area contributed by atoms with Gasteiger partial charge in [0.25, 0.3) is 0 Å². The first-order valence-electron chi connectivity index (χ1n) is 9.24. The number of hydrogen-bond acceptors (Lipinski definition) is 3. The molecule has 2 unspecified atom stereocenters. The van der Waals surface area contributed by atoms with E-state index in [1.54, 1.807) is 24.3 Å². The predicted molar refractivity (Wildman–Crippen MR) is 102 cm³/mol. The summed E-state index contributed by atoms with van der Waals surface area (Å²) in [6.45, 7) is 7.96. The summed E-state index contributed by atoms with van der Waals surface area (Å²) < 4.78 is 15.0. The van der Waals surface area contributed by atoms with E-state index in [2.05, 4.69) is 12.2 Å². The summed E-state index contributed by atoms with van der Waals surface area (Å²) in [5, 5.41) is 24.6. The largest absolute Gasteiger partial charge is 0.508 e. The Hall–Kier alpha value is -2.07. The van der Waals surface area contributed by atoms with Crippen LogP contribution in [-0.4, -0.2) is 21.4 Å². The van der Waals surface area contributed by atoms with Crippen molar-refractivity contribution in [3.05, 3.63) is 47.3 Å². The quantitative estimate of drug-likeness (QED) is 0.683. The molecule has 4 heteroatoms. The summed E-state index contributed by atoms with van der Waals surface area (Å²) in [6, 6.07) is 8.42. The van der Waals surface area contributed by atoms with Crippen molar-refractivity contribution in [1.82, 2.24) is 0 Å². The summed E-state index contributed by atoms with van der Waals surface area (Å²) in [5.74, 6) is -0.127. The number of fused-ring (bicyclic) bond motifs is 3. The van der Waals surface area contributed by atoms with Crippen molar-refractivity contribution in [3.63, 3.8) is 0 Å². The molecule has 2 aromatic rings. The molecule has 1 saturated carbocycles. The highest BCUT2D eigenvalue weighted by atomic mass is 19.1. The Morgan fingerprint density at radius 2 is 1.77 bits per heavy atom. The lowest BCUT2D eigenvalue weighted by atomic mass is 9.60. The minimum absolute atomic E-state index is 0.171. The molecule has 0 saturated heterocycles. The van der Waals surface area contributed by atoms with Crippen molar-refractivity contribution in [1.29, 1.82) is 0 Å². The molecule has 2 atom stereocenters. The molecule has 0 spiro atoms. The van der Waals surface area contributed by atoms with E-state index in [0.29, 0.717) is 5.56 Å². The van der Waals surface area contributed by atoms with Gasteiger partial charge in [-0.1, -0.05) is 13.0 Å². The van der Waals surface area contributed by atoms with Crippen molar-refractivity contribution >= 4 is 5.69 Å². The molecule has 138 valence electrons. The molecule has 4 rings (SSSR count). The average Bonchev–Trinajstić information content (AvgIpc) is 2.86. The van der Waals surface area contributed by atoms with Gasteiger partial charge < -0.3 is 15.5 Å². The smallest absolute Gasteiger partial charge is 0.133 e. The maximum absolute atomic E-state index is 15.0. The lowest BCUT2D eigenvalue weighted by Gasteiger charge is -2.55. The van der Waals surface area contributed by atoms with Crippen LogP contribution in [0.1, 0.15) is 51.2 Å². The van der Waals surface area contributed by atoms with Gasteiger partial charge in [-0.3, -0.25) is 0 Å². The fourth-order valence-corrected chi connectivity index (χ4v) is 5.27. The third kappa shape index (κ3) is 2.08. The summed E-state index contributed by atoms with van der Waals surface area (Å²) in [5.41, 5.74) is 1.99. The van der Waals surface area contributed by atoms with Crippen LogP contribution in [0.4, 0.5) is 10.1 Å². The third-order valence-corrected chi connectivity index (χ3v) is 6.81. The first-order chi connectivity index (χ1) is 12.1. The second-order valence-corrected chi connectivity index (χ2v) is 8.67. The molecule has 0 bridgehead atoms. The second kappa shape index (κ2) is 5.23. The Kier molecular flexibility index (Phi) is 3.49. The fraction of sp³-hybridized carbons (Fsp3) is 0.455. The molecule has 0 aromatic heterocycles. The number of hydrogen-bond donors (Lipinski definition) is 3. The zero-order chi connectivity index (χ0) is 18.9. The van der Waals surface area contributed by atoms with Crippen molar-refractivity contribution in [2.24, 2.45) is 0 Å². The van der Waals surface area contributed by atoms with Gasteiger partial charge in [-0.2, -0.15) is 0 Å². The second-order valence-electron chi connectivity index (χ2n) is 8.67. The maximum atomic E-state index is 15.0. The number of anilines is 1. The molecule has 26 heavy (non-hydrogen) atoms. The topological polar surface area (TPSA) is 52.5 Å². The number of phenols is 1. The van der Waals surface area contributed by atoms with E-state index < -0.39 is 16.6 Å². The Morgan fingerprint density at radius 1 is 1.04 bits per heavy atom. The number of nitrogens with one attached hydrogen (secondary N) is 1. The summed E-state index contributed by atoms with van der Waals surface area (Å²) in [7, 11) is 0. The number of aromatic hydroxyl groups is 1. The fourth-order valence-electron chi connectivity index (χ4n) is 5.27. The Bertz CT molecular complexity index is 907. The van der Waals surface area contributed by atoms with Gasteiger partial charge in [-0.15, -0.1) is 0 Å². The minimum Gasteiger partial charge on any atom is -0.508 e. The number of phenolic OH excluding ortho intramolecular Hbond substituents is 1. The number of halogens is 1. The first-order valence-corrected chi connectivity index (χ1v) is 9.24. The first kappa shape index (κ1) is 17.3. The van der Waals surface area contributed by atoms with Gasteiger partial charge >= 0.3 is 0 Å². The van der Waals surface area contributed by atoms with E-state index in [1.165, 1.54) is 0 Å². The van der Waals surface area contributed by atoms with Crippen LogP contribution < -0.4 is 5.32 Å². The SMILES string of the molecule is Cc1cc(O)ccc1-c1cc2c(cc1F)NC(C)(C)C1(O)CCCC21C. The third-order valence-electron chi connectivity index (χ3n) is 6.81. The molecule has 3 N–H and O–H groups in total. The van der Waals surface area contributed by atoms with Crippen LogP contribution in [0.5, 0.6) is 5.75 Å². The molecule has 0 radical (unpaired) electrons. The lowest BCUT2D eigenvalue weighted by molar-refractivity contribution is -0.0628. The summed E-state index contributed by atoms with van der Waals surface area (Å²) in [6.07, 6.45) is 2.55. The van der Waals surface area contributed by atoms with Gasteiger partial charge in [0.05, 0.1) is 11.1 Å². The highest BCUT2D eigenvalue weighted by Gasteiger charge is 2.62. The van der Waals surface area contributed by atoms with Crippen LogP contribution in [0.15, 0.2) is 30.3 Å². The highest BCUT2D eigenvalue weighted by molar-refractivity contribution is 5.75. The Balaban J connectivity index is 1.96. The number of rotatable bonds is 1. The molecule has 1 heterocycles. The van der Waals surface area contributed by atoms with Crippen molar-refractivity contribution in [3.8, 4) is 16.9 Å². The van der Waals surface area contributed by atoms with Gasteiger partial charge in [0, 0.05) is 16.7 Å². The normalized spacial score (nSPS) is 29.0. The van der Waals surface area contributed by atoms with Crippen molar-refractivity contribution in [2.45, 2.75) is 63.5 Å². The van der Waals surface area contributed by atoms with E-state index in [0.717, 1.165) is 41.6 Å². The van der Waals surface area contributed by atoms with Crippen LogP contribution in [-0.2, 0) is 5.41 Å². The molecule has 0 amide bonds. The molecule has 2 aliphatic rings.